The molecule has 0 radical (unpaired) electrons. The third kappa shape index (κ3) is 1.64. The fourth-order valence-corrected chi connectivity index (χ4v) is 3.66. The molecule has 1 aliphatic carbocycles. The van der Waals surface area contributed by atoms with Gasteiger partial charge in [-0.3, -0.25) is 0 Å². The number of alkyl halides is 3. The second-order valence-electron chi connectivity index (χ2n) is 5.69. The first-order valence-corrected chi connectivity index (χ1v) is 6.43. The molecule has 5 heteroatoms. The largest absolute Gasteiger partial charge is 0.416 e. The van der Waals surface area contributed by atoms with Gasteiger partial charge in [0.1, 0.15) is 5.82 Å². The molecular formula is C14H15F4N. The molecule has 1 heterocycles. The summed E-state index contributed by atoms with van der Waals surface area (Å²) in [6, 6.07) is 2.76. The lowest BCUT2D eigenvalue weighted by Crippen LogP contribution is -2.21. The van der Waals surface area contributed by atoms with E-state index in [0.717, 1.165) is 37.6 Å². The van der Waals surface area contributed by atoms with Crippen molar-refractivity contribution in [2.45, 2.75) is 31.4 Å². The molecule has 1 aliphatic heterocycles. The summed E-state index contributed by atoms with van der Waals surface area (Å²) < 4.78 is 52.3. The molecule has 0 aromatic heterocycles. The molecule has 1 aromatic rings. The van der Waals surface area contributed by atoms with Crippen LogP contribution in [0.4, 0.5) is 17.6 Å². The maximum atomic E-state index is 14.0. The Morgan fingerprint density at radius 3 is 2.58 bits per heavy atom. The second-order valence-corrected chi connectivity index (χ2v) is 5.69. The van der Waals surface area contributed by atoms with Gasteiger partial charge in [-0.05, 0) is 42.0 Å². The van der Waals surface area contributed by atoms with Crippen LogP contribution in [0.2, 0.25) is 0 Å². The van der Waals surface area contributed by atoms with Crippen LogP contribution in [0.1, 0.15) is 30.9 Å². The highest BCUT2D eigenvalue weighted by Crippen LogP contribution is 2.69. The van der Waals surface area contributed by atoms with Crippen LogP contribution in [0.3, 0.4) is 0 Å². The van der Waals surface area contributed by atoms with Crippen molar-refractivity contribution in [2.75, 3.05) is 13.1 Å². The van der Waals surface area contributed by atoms with Crippen molar-refractivity contribution in [1.29, 1.82) is 0 Å². The van der Waals surface area contributed by atoms with E-state index in [1.807, 2.05) is 6.92 Å². The number of hydrogen-bond acceptors (Lipinski definition) is 1. The summed E-state index contributed by atoms with van der Waals surface area (Å²) in [6.45, 7) is 3.35. The van der Waals surface area contributed by atoms with E-state index < -0.39 is 23.0 Å². The highest BCUT2D eigenvalue weighted by molar-refractivity contribution is 5.44. The van der Waals surface area contributed by atoms with Gasteiger partial charge in [-0.15, -0.1) is 0 Å². The van der Waals surface area contributed by atoms with Crippen molar-refractivity contribution in [3.63, 3.8) is 0 Å². The number of fused-ring (bicyclic) bond motifs is 1. The molecule has 1 saturated carbocycles. The van der Waals surface area contributed by atoms with Gasteiger partial charge < -0.3 is 5.32 Å². The van der Waals surface area contributed by atoms with E-state index in [0.29, 0.717) is 6.54 Å². The molecule has 1 nitrogen and oxygen atoms in total. The zero-order valence-electron chi connectivity index (χ0n) is 10.6. The molecule has 104 valence electrons. The Morgan fingerprint density at radius 1 is 1.26 bits per heavy atom. The third-order valence-corrected chi connectivity index (χ3v) is 4.91. The maximum absolute atomic E-state index is 14.0. The van der Waals surface area contributed by atoms with Gasteiger partial charge in [0, 0.05) is 18.5 Å². The highest BCUT2D eigenvalue weighted by Gasteiger charge is 2.70. The summed E-state index contributed by atoms with van der Waals surface area (Å²) in [7, 11) is 0. The van der Waals surface area contributed by atoms with Gasteiger partial charge >= 0.3 is 6.18 Å². The predicted octanol–water partition coefficient (Wildman–Crippen LogP) is 3.49. The lowest BCUT2D eigenvalue weighted by molar-refractivity contribution is -0.137. The Hall–Kier alpha value is -1.10. The summed E-state index contributed by atoms with van der Waals surface area (Å²) in [5.74, 6) is -0.521. The minimum atomic E-state index is -4.42. The van der Waals surface area contributed by atoms with Crippen LogP contribution in [-0.4, -0.2) is 13.1 Å². The molecule has 2 atom stereocenters. The lowest BCUT2D eigenvalue weighted by atomic mass is 9.86. The zero-order chi connectivity index (χ0) is 13.9. The first-order chi connectivity index (χ1) is 8.85. The normalized spacial score (nSPS) is 33.3. The fourth-order valence-electron chi connectivity index (χ4n) is 3.66. The third-order valence-electron chi connectivity index (χ3n) is 4.91. The Kier molecular flexibility index (Phi) is 2.53. The Morgan fingerprint density at radius 2 is 2.00 bits per heavy atom. The maximum Gasteiger partial charge on any atom is 0.416 e. The number of benzene rings is 1. The first-order valence-electron chi connectivity index (χ1n) is 6.43. The Balaban J connectivity index is 2.07. The Bertz CT molecular complexity index is 525. The van der Waals surface area contributed by atoms with Gasteiger partial charge in [-0.25, -0.2) is 4.39 Å². The van der Waals surface area contributed by atoms with Gasteiger partial charge in [0.2, 0.25) is 0 Å². The summed E-state index contributed by atoms with van der Waals surface area (Å²) in [4.78, 5) is 0. The SMILES string of the molecule is CCC12CNCC1(c1cc(C(F)(F)F)ccc1F)C2. The molecule has 2 aliphatic rings. The van der Waals surface area contributed by atoms with E-state index in [1.54, 1.807) is 0 Å². The van der Waals surface area contributed by atoms with Gasteiger partial charge in [0.15, 0.2) is 0 Å². The van der Waals surface area contributed by atoms with Crippen LogP contribution in [0.15, 0.2) is 18.2 Å². The number of nitrogens with one attached hydrogen (secondary N) is 1. The van der Waals surface area contributed by atoms with E-state index in [2.05, 4.69) is 5.32 Å². The fraction of sp³-hybridized carbons (Fsp3) is 0.571. The molecule has 1 N–H and O–H groups in total. The molecule has 2 fully saturated rings. The molecule has 1 aromatic carbocycles. The highest BCUT2D eigenvalue weighted by atomic mass is 19.4. The predicted molar refractivity (Wildman–Crippen MR) is 63.3 cm³/mol. The van der Waals surface area contributed by atoms with E-state index in [9.17, 15) is 17.6 Å². The van der Waals surface area contributed by atoms with Crippen molar-refractivity contribution in [3.8, 4) is 0 Å². The first kappa shape index (κ1) is 12.9. The second kappa shape index (κ2) is 3.72. The number of piperidine rings is 1. The van der Waals surface area contributed by atoms with Crippen molar-refractivity contribution < 1.29 is 17.6 Å². The number of hydrogen-bond donors (Lipinski definition) is 1. The number of halogens is 4. The smallest absolute Gasteiger partial charge is 0.315 e. The van der Waals surface area contributed by atoms with Gasteiger partial charge in [0.05, 0.1) is 5.56 Å². The minimum Gasteiger partial charge on any atom is -0.315 e. The van der Waals surface area contributed by atoms with Crippen molar-refractivity contribution in [2.24, 2.45) is 5.41 Å². The minimum absolute atomic E-state index is 0.0575. The summed E-state index contributed by atoms with van der Waals surface area (Å²) in [5.41, 5.74) is -1.03. The quantitative estimate of drug-likeness (QED) is 0.813. The molecule has 2 unspecified atom stereocenters. The van der Waals surface area contributed by atoms with Crippen LogP contribution in [0.5, 0.6) is 0 Å². The van der Waals surface area contributed by atoms with Gasteiger partial charge in [0.25, 0.3) is 0 Å². The van der Waals surface area contributed by atoms with Crippen LogP contribution in [-0.2, 0) is 11.6 Å². The van der Waals surface area contributed by atoms with E-state index >= 15 is 0 Å². The molecule has 1 saturated heterocycles. The average molecular weight is 273 g/mol. The number of rotatable bonds is 2. The summed E-state index contributed by atoms with van der Waals surface area (Å²) in [6.07, 6.45) is -2.79. The van der Waals surface area contributed by atoms with Crippen LogP contribution in [0.25, 0.3) is 0 Å². The van der Waals surface area contributed by atoms with Gasteiger partial charge in [-0.2, -0.15) is 13.2 Å². The molecule has 0 spiro atoms. The molecule has 19 heavy (non-hydrogen) atoms. The van der Waals surface area contributed by atoms with Crippen LogP contribution in [0, 0.1) is 11.2 Å². The summed E-state index contributed by atoms with van der Waals surface area (Å²) >= 11 is 0. The van der Waals surface area contributed by atoms with Crippen molar-refractivity contribution >= 4 is 0 Å². The summed E-state index contributed by atoms with van der Waals surface area (Å²) in [5, 5.41) is 3.19. The van der Waals surface area contributed by atoms with Crippen LogP contribution < -0.4 is 5.32 Å². The van der Waals surface area contributed by atoms with E-state index in [1.165, 1.54) is 0 Å². The van der Waals surface area contributed by atoms with E-state index in [4.69, 9.17) is 0 Å². The van der Waals surface area contributed by atoms with Crippen LogP contribution >= 0.6 is 0 Å². The Labute approximate surface area is 109 Å². The average Bonchev–Trinajstić information content (AvgIpc) is 2.86. The topological polar surface area (TPSA) is 12.0 Å². The molecule has 3 rings (SSSR count). The van der Waals surface area contributed by atoms with Crippen molar-refractivity contribution in [1.82, 2.24) is 5.32 Å². The van der Waals surface area contributed by atoms with E-state index in [-0.39, 0.29) is 11.0 Å². The molecule has 0 bridgehead atoms. The van der Waals surface area contributed by atoms with Gasteiger partial charge in [-0.1, -0.05) is 6.92 Å². The lowest BCUT2D eigenvalue weighted by Gasteiger charge is -2.19. The monoisotopic (exact) mass is 273 g/mol. The molecule has 0 amide bonds. The zero-order valence-corrected chi connectivity index (χ0v) is 10.6. The van der Waals surface area contributed by atoms with Crippen molar-refractivity contribution in [3.05, 3.63) is 35.1 Å². The standard InChI is InChI=1S/C14H15F4N/c1-2-12-6-13(12,8-19-7-12)10-5-9(14(16,17)18)3-4-11(10)15/h3-5,19H,2,6-8H2,1H3. The molecular weight excluding hydrogens is 258 g/mol.